The summed E-state index contributed by atoms with van der Waals surface area (Å²) < 4.78 is 56.0. The lowest BCUT2D eigenvalue weighted by atomic mass is 10.0. The number of aromatic nitrogens is 4. The highest BCUT2D eigenvalue weighted by Gasteiger charge is 2.32. The summed E-state index contributed by atoms with van der Waals surface area (Å²) in [6, 6.07) is 5.93. The van der Waals surface area contributed by atoms with E-state index in [2.05, 4.69) is 20.5 Å². The third-order valence-corrected chi connectivity index (χ3v) is 5.10. The summed E-state index contributed by atoms with van der Waals surface area (Å²) in [5, 5.41) is 11.2. The molecule has 1 aromatic carbocycles. The van der Waals surface area contributed by atoms with E-state index in [1.165, 1.54) is 4.80 Å². The Balaban J connectivity index is 0.000000194. The van der Waals surface area contributed by atoms with E-state index in [4.69, 9.17) is 4.74 Å². The Morgan fingerprint density at radius 2 is 1.97 bits per heavy atom. The molecule has 0 amide bonds. The van der Waals surface area contributed by atoms with Gasteiger partial charge in [-0.15, -0.1) is 0 Å². The summed E-state index contributed by atoms with van der Waals surface area (Å²) in [7, 11) is 0. The Bertz CT molecular complexity index is 1070. The number of rotatable bonds is 4. The van der Waals surface area contributed by atoms with Crippen molar-refractivity contribution in [3.63, 3.8) is 0 Å². The summed E-state index contributed by atoms with van der Waals surface area (Å²) >= 11 is 0. The van der Waals surface area contributed by atoms with Gasteiger partial charge in [0.05, 0.1) is 23.6 Å². The first-order chi connectivity index (χ1) is 15.7. The lowest BCUT2D eigenvalue weighted by molar-refractivity contribution is -0.138. The number of nitrogens with one attached hydrogen (secondary N) is 1. The van der Waals surface area contributed by atoms with Crippen molar-refractivity contribution in [2.24, 2.45) is 0 Å². The van der Waals surface area contributed by atoms with E-state index in [1.54, 1.807) is 18.5 Å². The van der Waals surface area contributed by atoms with E-state index in [-0.39, 0.29) is 18.0 Å². The molecule has 11 heteroatoms. The zero-order valence-corrected chi connectivity index (χ0v) is 18.0. The number of hydrogen-bond donors (Lipinski definition) is 1. The molecule has 176 valence electrons. The van der Waals surface area contributed by atoms with Gasteiger partial charge in [-0.3, -0.25) is 4.79 Å². The molecule has 7 nitrogen and oxygen atoms in total. The molecule has 2 atom stereocenters. The van der Waals surface area contributed by atoms with Crippen molar-refractivity contribution in [2.75, 3.05) is 6.54 Å². The van der Waals surface area contributed by atoms with Crippen LogP contribution in [-0.4, -0.2) is 45.0 Å². The molecule has 3 aromatic rings. The van der Waals surface area contributed by atoms with Crippen LogP contribution >= 0.6 is 0 Å². The first-order valence-corrected chi connectivity index (χ1v) is 10.2. The monoisotopic (exact) mass is 465 g/mol. The number of alkyl halides is 3. The van der Waals surface area contributed by atoms with Crippen molar-refractivity contribution in [2.45, 2.75) is 45.0 Å². The number of halogens is 4. The van der Waals surface area contributed by atoms with Gasteiger partial charge in [0.25, 0.3) is 5.88 Å². The quantitative estimate of drug-likeness (QED) is 0.461. The fourth-order valence-corrected chi connectivity index (χ4v) is 3.37. The molecule has 1 N–H and O–H groups in total. The van der Waals surface area contributed by atoms with Gasteiger partial charge in [0.1, 0.15) is 6.10 Å². The molecular formula is C22H23F4N5O2. The molecule has 4 rings (SSSR count). The number of carbonyl (C=O) groups is 1. The summed E-state index contributed by atoms with van der Waals surface area (Å²) in [4.78, 5) is 15.7. The third kappa shape index (κ3) is 6.13. The van der Waals surface area contributed by atoms with Gasteiger partial charge >= 0.3 is 6.18 Å². The van der Waals surface area contributed by atoms with Gasteiger partial charge in [-0.1, -0.05) is 12.1 Å². The molecule has 2 aromatic heterocycles. The Hall–Kier alpha value is -3.34. The van der Waals surface area contributed by atoms with Crippen LogP contribution in [-0.2, 0) is 6.18 Å². The molecule has 0 radical (unpaired) electrons. The second-order valence-electron chi connectivity index (χ2n) is 7.50. The zero-order valence-electron chi connectivity index (χ0n) is 18.0. The second kappa shape index (κ2) is 10.5. The van der Waals surface area contributed by atoms with Gasteiger partial charge in [-0.25, -0.2) is 9.37 Å². The molecule has 0 spiro atoms. The minimum absolute atomic E-state index is 0.0113. The van der Waals surface area contributed by atoms with Gasteiger partial charge in [0, 0.05) is 17.8 Å². The van der Waals surface area contributed by atoms with Crippen LogP contribution in [0.4, 0.5) is 17.6 Å². The SMILES string of the molecule is C[C@@H]1NCCC[C@H]1Oc1ncc(C(F)(F)F)cc1F.Cc1cccc(C=O)c1-n1nccn1. The van der Waals surface area contributed by atoms with Crippen LogP contribution in [0.1, 0.15) is 41.3 Å². The fraction of sp³-hybridized carbons (Fsp3) is 0.364. The van der Waals surface area contributed by atoms with Gasteiger partial charge < -0.3 is 10.1 Å². The van der Waals surface area contributed by atoms with Crippen LogP contribution in [0.25, 0.3) is 5.69 Å². The lowest BCUT2D eigenvalue weighted by Crippen LogP contribution is -2.45. The Morgan fingerprint density at radius 1 is 1.24 bits per heavy atom. The molecule has 0 bridgehead atoms. The number of hydrogen-bond acceptors (Lipinski definition) is 6. The van der Waals surface area contributed by atoms with E-state index >= 15 is 0 Å². The standard InChI is InChI=1S/C12H14F4N2O.C10H9N3O/c1-7-10(3-2-4-17-7)19-11-9(13)5-8(6-18-11)12(14,15)16;1-8-3-2-4-9(7-14)10(8)13-11-5-6-12-13/h5-7,10,17H,2-4H2,1H3;2-7H,1H3/t7-,10+;/m0./s1. The topological polar surface area (TPSA) is 81.9 Å². The molecule has 33 heavy (non-hydrogen) atoms. The van der Waals surface area contributed by atoms with Crippen molar-refractivity contribution in [3.05, 3.63) is 65.4 Å². The number of para-hydroxylation sites is 1. The largest absolute Gasteiger partial charge is 0.471 e. The van der Waals surface area contributed by atoms with Crippen LogP contribution < -0.4 is 10.1 Å². The summed E-state index contributed by atoms with van der Waals surface area (Å²) in [6.07, 6.45) is 1.26. The van der Waals surface area contributed by atoms with Crippen molar-refractivity contribution in [1.29, 1.82) is 0 Å². The molecule has 1 fully saturated rings. The van der Waals surface area contributed by atoms with E-state index in [0.717, 1.165) is 36.9 Å². The molecule has 1 aliphatic heterocycles. The highest BCUT2D eigenvalue weighted by atomic mass is 19.4. The maximum atomic E-state index is 13.6. The van der Waals surface area contributed by atoms with E-state index in [9.17, 15) is 22.4 Å². The summed E-state index contributed by atoms with van der Waals surface area (Å²) in [6.45, 7) is 4.65. The number of nitrogens with zero attached hydrogens (tertiary/aromatic N) is 4. The number of pyridine rings is 1. The highest BCUT2D eigenvalue weighted by molar-refractivity contribution is 5.81. The lowest BCUT2D eigenvalue weighted by Gasteiger charge is -2.30. The average molecular weight is 465 g/mol. The molecule has 1 aliphatic rings. The van der Waals surface area contributed by atoms with E-state index < -0.39 is 17.6 Å². The normalized spacial score (nSPS) is 18.2. The minimum Gasteiger partial charge on any atom is -0.471 e. The molecule has 0 saturated carbocycles. The Labute approximate surface area is 187 Å². The smallest absolute Gasteiger partial charge is 0.417 e. The fourth-order valence-electron chi connectivity index (χ4n) is 3.37. The predicted molar refractivity (Wildman–Crippen MR) is 112 cm³/mol. The van der Waals surface area contributed by atoms with E-state index in [0.29, 0.717) is 17.8 Å². The maximum Gasteiger partial charge on any atom is 0.417 e. The first kappa shape index (κ1) is 24.3. The van der Waals surface area contributed by atoms with E-state index in [1.807, 2.05) is 26.0 Å². The van der Waals surface area contributed by atoms with Crippen LogP contribution in [0.3, 0.4) is 0 Å². The van der Waals surface area contributed by atoms with Crippen molar-refractivity contribution in [1.82, 2.24) is 25.3 Å². The number of benzene rings is 1. The second-order valence-corrected chi connectivity index (χ2v) is 7.50. The zero-order chi connectivity index (χ0) is 24.0. The number of aryl methyl sites for hydroxylation is 1. The number of piperidine rings is 1. The van der Waals surface area contributed by atoms with Gasteiger partial charge in [0.2, 0.25) is 0 Å². The molecule has 0 aliphatic carbocycles. The maximum absolute atomic E-state index is 13.6. The van der Waals surface area contributed by atoms with Crippen LogP contribution in [0, 0.1) is 12.7 Å². The minimum atomic E-state index is -4.61. The molecular weight excluding hydrogens is 442 g/mol. The number of aldehydes is 1. The van der Waals surface area contributed by atoms with Crippen molar-refractivity contribution in [3.8, 4) is 11.6 Å². The van der Waals surface area contributed by atoms with Gasteiger partial charge in [-0.2, -0.15) is 28.2 Å². The molecule has 1 saturated heterocycles. The van der Waals surface area contributed by atoms with Crippen molar-refractivity contribution < 1.29 is 27.1 Å². The van der Waals surface area contributed by atoms with Crippen LogP contribution in [0.5, 0.6) is 5.88 Å². The predicted octanol–water partition coefficient (Wildman–Crippen LogP) is 4.15. The van der Waals surface area contributed by atoms with Gasteiger partial charge in [0.15, 0.2) is 12.1 Å². The third-order valence-electron chi connectivity index (χ3n) is 5.10. The molecule has 3 heterocycles. The Kier molecular flexibility index (Phi) is 7.75. The van der Waals surface area contributed by atoms with Crippen LogP contribution in [0.2, 0.25) is 0 Å². The average Bonchev–Trinajstić information content (AvgIpc) is 3.30. The summed E-state index contributed by atoms with van der Waals surface area (Å²) in [5.41, 5.74) is 1.20. The Morgan fingerprint density at radius 3 is 2.58 bits per heavy atom. The number of ether oxygens (including phenoxy) is 1. The number of carbonyl (C=O) groups excluding carboxylic acids is 1. The van der Waals surface area contributed by atoms with Gasteiger partial charge in [-0.05, 0) is 50.9 Å². The van der Waals surface area contributed by atoms with Crippen molar-refractivity contribution >= 4 is 6.29 Å². The molecule has 0 unspecified atom stereocenters. The highest BCUT2D eigenvalue weighted by Crippen LogP contribution is 2.31. The summed E-state index contributed by atoms with van der Waals surface area (Å²) in [5.74, 6) is -1.47. The van der Waals surface area contributed by atoms with Crippen LogP contribution in [0.15, 0.2) is 42.9 Å². The first-order valence-electron chi connectivity index (χ1n) is 10.2.